The van der Waals surface area contributed by atoms with Crippen molar-refractivity contribution in [1.82, 2.24) is 4.90 Å². The standard InChI is InChI=1S/C42H69NO15/c1-11-16-32(48)55-40-27(6)53-34(23-42(40,7)58-31(47)12-2)56-37-26(5)54-41(36(50)35(37)43(8)9)57-38-28(19-20-44)21-24(3)29(45)18-15-13-14-17-25(4)52-33(49)22-30(46)39(38)51-10/h13-15,18,20,24-30,34-41,45-46,50H,11-12,16-17,19,21-23H2,1-10H3/b14-13+,18-15+/t24-,25-,26+,27-,28+,29+,30-,34-,35+,36+,37+,38+,39+,40-,41-,42+/m1/s1. The van der Waals surface area contributed by atoms with Gasteiger partial charge in [-0.25, -0.2) is 0 Å². The largest absolute Gasteiger partial charge is 0.462 e. The summed E-state index contributed by atoms with van der Waals surface area (Å²) in [4.78, 5) is 52.1. The number of aliphatic hydroxyl groups is 3. The summed E-state index contributed by atoms with van der Waals surface area (Å²) < 4.78 is 48.8. The molecule has 0 bridgehead atoms. The van der Waals surface area contributed by atoms with E-state index in [2.05, 4.69) is 0 Å². The van der Waals surface area contributed by atoms with Crippen molar-refractivity contribution in [2.24, 2.45) is 11.8 Å². The first-order chi connectivity index (χ1) is 27.4. The van der Waals surface area contributed by atoms with E-state index in [4.69, 9.17) is 37.9 Å². The van der Waals surface area contributed by atoms with Crippen LogP contribution in [0.25, 0.3) is 0 Å². The Morgan fingerprint density at radius 2 is 1.69 bits per heavy atom. The van der Waals surface area contributed by atoms with Gasteiger partial charge in [0.05, 0.1) is 43.0 Å². The third-order valence-corrected chi connectivity index (χ3v) is 11.1. The number of ether oxygens (including phenoxy) is 8. The number of esters is 3. The molecule has 0 aromatic rings. The smallest absolute Gasteiger partial charge is 0.308 e. The molecule has 3 N–H and O–H groups in total. The second-order valence-corrected chi connectivity index (χ2v) is 16.3. The Labute approximate surface area is 343 Å². The van der Waals surface area contributed by atoms with Crippen molar-refractivity contribution in [2.45, 2.75) is 185 Å². The molecule has 3 aliphatic heterocycles. The molecule has 16 nitrogen and oxygen atoms in total. The second kappa shape index (κ2) is 23.3. The van der Waals surface area contributed by atoms with Gasteiger partial charge >= 0.3 is 17.9 Å². The van der Waals surface area contributed by atoms with E-state index < -0.39 is 116 Å². The lowest BCUT2D eigenvalue weighted by atomic mass is 9.82. The normalized spacial score (nSPS) is 40.6. The molecule has 3 rings (SSSR count). The summed E-state index contributed by atoms with van der Waals surface area (Å²) in [6, 6.07) is -0.783. The van der Waals surface area contributed by atoms with Gasteiger partial charge in [0.25, 0.3) is 0 Å². The summed E-state index contributed by atoms with van der Waals surface area (Å²) >= 11 is 0. The summed E-state index contributed by atoms with van der Waals surface area (Å²) in [6.07, 6.45) is -3.49. The highest BCUT2D eigenvalue weighted by Crippen LogP contribution is 2.39. The Balaban J connectivity index is 1.95. The number of carbonyl (C=O) groups is 4. The van der Waals surface area contributed by atoms with E-state index in [1.807, 2.05) is 19.9 Å². The van der Waals surface area contributed by atoms with Gasteiger partial charge in [-0.1, -0.05) is 45.1 Å². The highest BCUT2D eigenvalue weighted by atomic mass is 16.7. The van der Waals surface area contributed by atoms with Crippen LogP contribution in [0.15, 0.2) is 24.3 Å². The van der Waals surface area contributed by atoms with E-state index in [-0.39, 0.29) is 38.0 Å². The van der Waals surface area contributed by atoms with Crippen LogP contribution in [-0.4, -0.2) is 151 Å². The van der Waals surface area contributed by atoms with Crippen LogP contribution in [0.3, 0.4) is 0 Å². The lowest BCUT2D eigenvalue weighted by Gasteiger charge is -2.50. The Morgan fingerprint density at radius 1 is 0.983 bits per heavy atom. The molecule has 0 aromatic carbocycles. The summed E-state index contributed by atoms with van der Waals surface area (Å²) in [6.45, 7) is 12.2. The number of carbonyl (C=O) groups excluding carboxylic acids is 4. The van der Waals surface area contributed by atoms with E-state index >= 15 is 0 Å². The predicted molar refractivity (Wildman–Crippen MR) is 210 cm³/mol. The van der Waals surface area contributed by atoms with Crippen molar-refractivity contribution in [1.29, 1.82) is 0 Å². The van der Waals surface area contributed by atoms with Crippen molar-refractivity contribution in [3.8, 4) is 0 Å². The molecule has 0 spiro atoms. The van der Waals surface area contributed by atoms with Gasteiger partial charge in [0.15, 0.2) is 24.3 Å². The third-order valence-electron chi connectivity index (χ3n) is 11.1. The summed E-state index contributed by atoms with van der Waals surface area (Å²) in [5.41, 5.74) is -1.30. The minimum Gasteiger partial charge on any atom is -0.462 e. The number of likely N-dealkylation sites (N-methyl/N-ethyl adjacent to an activating group) is 1. The van der Waals surface area contributed by atoms with Crippen LogP contribution in [0, 0.1) is 11.8 Å². The van der Waals surface area contributed by atoms with Crippen LogP contribution in [0.2, 0.25) is 0 Å². The molecule has 0 aromatic heterocycles. The molecule has 3 heterocycles. The summed E-state index contributed by atoms with van der Waals surface area (Å²) in [7, 11) is 4.85. The first-order valence-electron chi connectivity index (χ1n) is 20.6. The number of nitrogens with zero attached hydrogens (tertiary/aromatic N) is 1. The number of hydrogen-bond donors (Lipinski definition) is 3. The van der Waals surface area contributed by atoms with E-state index in [9.17, 15) is 34.5 Å². The van der Waals surface area contributed by atoms with Gasteiger partial charge in [0.1, 0.15) is 30.7 Å². The molecular formula is C42H69NO15. The highest BCUT2D eigenvalue weighted by molar-refractivity contribution is 5.71. The maximum absolute atomic E-state index is 12.9. The lowest BCUT2D eigenvalue weighted by molar-refractivity contribution is -0.344. The fourth-order valence-electron chi connectivity index (χ4n) is 8.07. The Hall–Kier alpha value is -2.80. The minimum atomic E-state index is -1.45. The van der Waals surface area contributed by atoms with E-state index in [0.717, 1.165) is 0 Å². The Kier molecular flexibility index (Phi) is 19.9. The zero-order valence-corrected chi connectivity index (χ0v) is 35.9. The maximum Gasteiger partial charge on any atom is 0.308 e. The number of allylic oxidation sites excluding steroid dienone is 2. The molecule has 0 saturated carbocycles. The number of aldehydes is 1. The molecule has 332 valence electrons. The van der Waals surface area contributed by atoms with Gasteiger partial charge in [-0.3, -0.25) is 14.4 Å². The van der Waals surface area contributed by atoms with Crippen LogP contribution in [0.5, 0.6) is 0 Å². The van der Waals surface area contributed by atoms with E-state index in [1.54, 1.807) is 71.8 Å². The van der Waals surface area contributed by atoms with Crippen LogP contribution in [-0.2, 0) is 57.1 Å². The van der Waals surface area contributed by atoms with Gasteiger partial charge in [-0.2, -0.15) is 0 Å². The zero-order valence-electron chi connectivity index (χ0n) is 35.9. The van der Waals surface area contributed by atoms with Crippen molar-refractivity contribution < 1.29 is 72.4 Å². The average molecular weight is 828 g/mol. The van der Waals surface area contributed by atoms with Crippen molar-refractivity contribution in [2.75, 3.05) is 21.2 Å². The first-order valence-corrected chi connectivity index (χ1v) is 20.6. The van der Waals surface area contributed by atoms with Gasteiger partial charge in [0.2, 0.25) is 0 Å². The SMILES string of the molecule is CCCC(=O)O[C@@H]1[C@@H](C)O[C@H](O[C@@H]2[C@@H](N(C)C)[C@H](O)[C@@H](O[C@H]3[C@@H](CC=O)C[C@@H](C)[C@@H](O)/C=C/C=C/C[C@@H](C)OC(=O)C[C@@H](O)[C@@H]3OC)O[C@H]2C)C[C@]1(C)OC(=O)CC. The molecule has 0 radical (unpaired) electrons. The average Bonchev–Trinajstić information content (AvgIpc) is 3.13. The number of hydrogen-bond acceptors (Lipinski definition) is 16. The van der Waals surface area contributed by atoms with E-state index in [0.29, 0.717) is 19.1 Å². The number of cyclic esters (lactones) is 1. The number of rotatable bonds is 13. The molecule has 16 heteroatoms. The number of methoxy groups -OCH3 is 1. The molecule has 2 fully saturated rings. The highest BCUT2D eigenvalue weighted by Gasteiger charge is 2.54. The number of aliphatic hydroxyl groups excluding tert-OH is 3. The van der Waals surface area contributed by atoms with Crippen molar-refractivity contribution in [3.63, 3.8) is 0 Å². The molecule has 0 aliphatic carbocycles. The lowest BCUT2D eigenvalue weighted by Crippen LogP contribution is -2.66. The molecule has 58 heavy (non-hydrogen) atoms. The molecule has 3 aliphatic rings. The van der Waals surface area contributed by atoms with Crippen molar-refractivity contribution in [3.05, 3.63) is 24.3 Å². The Bertz CT molecular complexity index is 1380. The summed E-state index contributed by atoms with van der Waals surface area (Å²) in [5.74, 6) is -2.64. The zero-order chi connectivity index (χ0) is 43.3. The molecule has 2 saturated heterocycles. The van der Waals surface area contributed by atoms with Crippen LogP contribution < -0.4 is 0 Å². The summed E-state index contributed by atoms with van der Waals surface area (Å²) in [5, 5.41) is 34.5. The fourth-order valence-corrected chi connectivity index (χ4v) is 8.07. The predicted octanol–water partition coefficient (Wildman–Crippen LogP) is 3.16. The van der Waals surface area contributed by atoms with Crippen LogP contribution in [0.1, 0.15) is 99.8 Å². The molecular weight excluding hydrogens is 758 g/mol. The quantitative estimate of drug-likeness (QED) is 0.139. The maximum atomic E-state index is 12.9. The van der Waals surface area contributed by atoms with Crippen molar-refractivity contribution >= 4 is 24.2 Å². The van der Waals surface area contributed by atoms with Crippen LogP contribution in [0.4, 0.5) is 0 Å². The van der Waals surface area contributed by atoms with Crippen LogP contribution >= 0.6 is 0 Å². The third kappa shape index (κ3) is 13.6. The van der Waals surface area contributed by atoms with Gasteiger partial charge in [0, 0.05) is 39.2 Å². The first kappa shape index (κ1) is 49.6. The second-order valence-electron chi connectivity index (χ2n) is 16.3. The van der Waals surface area contributed by atoms with Gasteiger partial charge in [-0.05, 0) is 66.5 Å². The fraction of sp³-hybridized carbons (Fsp3) is 0.810. The minimum absolute atomic E-state index is 0.00608. The molecule has 0 amide bonds. The molecule has 16 atom stereocenters. The monoisotopic (exact) mass is 827 g/mol. The van der Waals surface area contributed by atoms with Gasteiger partial charge in [-0.15, -0.1) is 0 Å². The van der Waals surface area contributed by atoms with Gasteiger partial charge < -0.3 is 62.9 Å². The molecule has 0 unspecified atom stereocenters. The van der Waals surface area contributed by atoms with E-state index in [1.165, 1.54) is 7.11 Å². The Morgan fingerprint density at radius 3 is 2.31 bits per heavy atom. The topological polar surface area (TPSA) is 206 Å².